The Bertz CT molecular complexity index is 631. The van der Waals surface area contributed by atoms with Gasteiger partial charge in [0.1, 0.15) is 11.6 Å². The van der Waals surface area contributed by atoms with Crippen LogP contribution in [0.1, 0.15) is 17.0 Å². The molecule has 110 valence electrons. The number of halogens is 1. The Morgan fingerprint density at radius 2 is 2.00 bits per heavy atom. The normalized spacial score (nSPS) is 15.8. The zero-order chi connectivity index (χ0) is 14.7. The highest BCUT2D eigenvalue weighted by Crippen LogP contribution is 2.25. The van der Waals surface area contributed by atoms with Gasteiger partial charge in [0.2, 0.25) is 0 Å². The molecular formula is C16H17FN2O2. The van der Waals surface area contributed by atoms with Crippen LogP contribution in [0.2, 0.25) is 0 Å². The summed E-state index contributed by atoms with van der Waals surface area (Å²) < 4.78 is 19.3. The van der Waals surface area contributed by atoms with Crippen LogP contribution < -0.4 is 5.32 Å². The van der Waals surface area contributed by atoms with Crippen molar-refractivity contribution in [2.75, 3.05) is 26.2 Å². The summed E-state index contributed by atoms with van der Waals surface area (Å²) in [7, 11) is 0. The summed E-state index contributed by atoms with van der Waals surface area (Å²) in [5.74, 6) is 0.144. The highest BCUT2D eigenvalue weighted by Gasteiger charge is 2.21. The van der Waals surface area contributed by atoms with Gasteiger partial charge in [-0.15, -0.1) is 0 Å². The average molecular weight is 288 g/mol. The largest absolute Gasteiger partial charge is 0.451 e. The van der Waals surface area contributed by atoms with Crippen molar-refractivity contribution in [2.45, 2.75) is 6.42 Å². The number of benzene rings is 1. The summed E-state index contributed by atoms with van der Waals surface area (Å²) >= 11 is 0. The van der Waals surface area contributed by atoms with E-state index in [1.807, 2.05) is 0 Å². The highest BCUT2D eigenvalue weighted by molar-refractivity contribution is 5.92. The molecule has 1 aliphatic rings. The summed E-state index contributed by atoms with van der Waals surface area (Å²) in [5, 5.41) is 3.25. The number of carbonyl (C=O) groups is 1. The molecule has 1 aromatic heterocycles. The molecule has 0 atom stereocenters. The van der Waals surface area contributed by atoms with Gasteiger partial charge in [-0.1, -0.05) is 12.1 Å². The third-order valence-electron chi connectivity index (χ3n) is 3.58. The molecule has 0 radical (unpaired) electrons. The van der Waals surface area contributed by atoms with Crippen molar-refractivity contribution in [1.82, 2.24) is 10.2 Å². The molecule has 0 bridgehead atoms. The van der Waals surface area contributed by atoms with Crippen molar-refractivity contribution in [2.24, 2.45) is 0 Å². The Balaban J connectivity index is 1.81. The van der Waals surface area contributed by atoms with Crippen LogP contribution in [0.5, 0.6) is 0 Å². The van der Waals surface area contributed by atoms with Crippen LogP contribution in [-0.4, -0.2) is 37.0 Å². The van der Waals surface area contributed by atoms with Crippen molar-refractivity contribution in [3.63, 3.8) is 0 Å². The van der Waals surface area contributed by atoms with Crippen molar-refractivity contribution in [3.8, 4) is 11.3 Å². The lowest BCUT2D eigenvalue weighted by molar-refractivity contribution is 0.0735. The molecule has 4 nitrogen and oxygen atoms in total. The van der Waals surface area contributed by atoms with Crippen LogP contribution in [0, 0.1) is 5.82 Å². The lowest BCUT2D eigenvalue weighted by atomic mass is 10.1. The molecule has 1 saturated heterocycles. The summed E-state index contributed by atoms with van der Waals surface area (Å²) in [6.07, 6.45) is 0.923. The molecule has 0 spiro atoms. The maximum absolute atomic E-state index is 13.7. The number of nitrogens with zero attached hydrogens (tertiary/aromatic N) is 1. The second kappa shape index (κ2) is 6.10. The Labute approximate surface area is 122 Å². The van der Waals surface area contributed by atoms with Gasteiger partial charge in [-0.3, -0.25) is 4.79 Å². The maximum atomic E-state index is 13.7. The Morgan fingerprint density at radius 3 is 2.86 bits per heavy atom. The molecule has 0 aliphatic carbocycles. The van der Waals surface area contributed by atoms with Crippen LogP contribution in [0.3, 0.4) is 0 Å². The number of furan rings is 1. The summed E-state index contributed by atoms with van der Waals surface area (Å²) in [6.45, 7) is 3.07. The van der Waals surface area contributed by atoms with Gasteiger partial charge in [0, 0.05) is 19.6 Å². The number of hydrogen-bond acceptors (Lipinski definition) is 3. The molecule has 0 saturated carbocycles. The SMILES string of the molecule is O=C(c1ccc(-c2ccccc2F)o1)N1CCCNCC1. The molecular weight excluding hydrogens is 271 g/mol. The summed E-state index contributed by atoms with van der Waals surface area (Å²) in [5.41, 5.74) is 0.370. The molecule has 1 aliphatic heterocycles. The molecule has 1 aromatic carbocycles. The fraction of sp³-hybridized carbons (Fsp3) is 0.312. The van der Waals surface area contributed by atoms with E-state index < -0.39 is 0 Å². The van der Waals surface area contributed by atoms with E-state index in [1.54, 1.807) is 35.2 Å². The van der Waals surface area contributed by atoms with E-state index >= 15 is 0 Å². The predicted molar refractivity (Wildman–Crippen MR) is 77.5 cm³/mol. The first-order chi connectivity index (χ1) is 10.3. The van der Waals surface area contributed by atoms with Gasteiger partial charge in [-0.25, -0.2) is 4.39 Å². The van der Waals surface area contributed by atoms with Gasteiger partial charge >= 0.3 is 0 Å². The minimum Gasteiger partial charge on any atom is -0.451 e. The molecule has 1 fully saturated rings. The summed E-state index contributed by atoms with van der Waals surface area (Å²) in [6, 6.07) is 9.63. The van der Waals surface area contributed by atoms with Crippen molar-refractivity contribution in [3.05, 3.63) is 48.0 Å². The van der Waals surface area contributed by atoms with Gasteiger partial charge in [-0.2, -0.15) is 0 Å². The zero-order valence-corrected chi connectivity index (χ0v) is 11.6. The van der Waals surface area contributed by atoms with Crippen LogP contribution in [0.15, 0.2) is 40.8 Å². The minimum atomic E-state index is -0.357. The number of nitrogens with one attached hydrogen (secondary N) is 1. The average Bonchev–Trinajstić information content (AvgIpc) is 2.82. The molecule has 21 heavy (non-hydrogen) atoms. The molecule has 2 aromatic rings. The van der Waals surface area contributed by atoms with E-state index in [-0.39, 0.29) is 17.5 Å². The van der Waals surface area contributed by atoms with Gasteiger partial charge in [0.05, 0.1) is 5.56 Å². The lowest BCUT2D eigenvalue weighted by Gasteiger charge is -2.18. The van der Waals surface area contributed by atoms with Crippen molar-refractivity contribution >= 4 is 5.91 Å². The van der Waals surface area contributed by atoms with Crippen LogP contribution in [0.4, 0.5) is 4.39 Å². The molecule has 3 rings (SSSR count). The minimum absolute atomic E-state index is 0.138. The number of amides is 1. The first-order valence-corrected chi connectivity index (χ1v) is 7.10. The van der Waals surface area contributed by atoms with Gasteiger partial charge in [-0.05, 0) is 37.2 Å². The zero-order valence-electron chi connectivity index (χ0n) is 11.6. The fourth-order valence-corrected chi connectivity index (χ4v) is 2.46. The molecule has 1 N–H and O–H groups in total. The topological polar surface area (TPSA) is 45.5 Å². The standard InChI is InChI=1S/C16H17FN2O2/c17-13-5-2-1-4-12(13)14-6-7-15(21-14)16(20)19-10-3-8-18-9-11-19/h1-2,4-7,18H,3,8-11H2. The third-order valence-corrected chi connectivity index (χ3v) is 3.58. The maximum Gasteiger partial charge on any atom is 0.289 e. The Hall–Kier alpha value is -2.14. The second-order valence-corrected chi connectivity index (χ2v) is 5.04. The van der Waals surface area contributed by atoms with Gasteiger partial charge < -0.3 is 14.6 Å². The van der Waals surface area contributed by atoms with E-state index in [4.69, 9.17) is 4.42 Å². The molecule has 5 heteroatoms. The first kappa shape index (κ1) is 13.8. The van der Waals surface area contributed by atoms with Crippen molar-refractivity contribution < 1.29 is 13.6 Å². The number of rotatable bonds is 2. The number of hydrogen-bond donors (Lipinski definition) is 1. The Morgan fingerprint density at radius 1 is 1.14 bits per heavy atom. The fourth-order valence-electron chi connectivity index (χ4n) is 2.46. The van der Waals surface area contributed by atoms with E-state index in [2.05, 4.69) is 5.32 Å². The van der Waals surface area contributed by atoms with E-state index in [0.717, 1.165) is 19.5 Å². The predicted octanol–water partition coefficient (Wildman–Crippen LogP) is 2.52. The monoisotopic (exact) mass is 288 g/mol. The number of carbonyl (C=O) groups excluding carboxylic acids is 1. The smallest absolute Gasteiger partial charge is 0.289 e. The van der Waals surface area contributed by atoms with Gasteiger partial charge in [0.15, 0.2) is 5.76 Å². The van der Waals surface area contributed by atoms with Gasteiger partial charge in [0.25, 0.3) is 5.91 Å². The van der Waals surface area contributed by atoms with Crippen LogP contribution in [-0.2, 0) is 0 Å². The van der Waals surface area contributed by atoms with E-state index in [1.165, 1.54) is 6.07 Å². The third kappa shape index (κ3) is 2.97. The molecule has 0 unspecified atom stereocenters. The first-order valence-electron chi connectivity index (χ1n) is 7.10. The van der Waals surface area contributed by atoms with E-state index in [0.29, 0.717) is 24.4 Å². The second-order valence-electron chi connectivity index (χ2n) is 5.04. The lowest BCUT2D eigenvalue weighted by Crippen LogP contribution is -2.33. The van der Waals surface area contributed by atoms with Crippen LogP contribution >= 0.6 is 0 Å². The highest BCUT2D eigenvalue weighted by atomic mass is 19.1. The van der Waals surface area contributed by atoms with Crippen molar-refractivity contribution in [1.29, 1.82) is 0 Å². The Kier molecular flexibility index (Phi) is 4.01. The van der Waals surface area contributed by atoms with E-state index in [9.17, 15) is 9.18 Å². The quantitative estimate of drug-likeness (QED) is 0.923. The molecule has 1 amide bonds. The molecule has 2 heterocycles. The summed E-state index contributed by atoms with van der Waals surface area (Å²) in [4.78, 5) is 14.2. The van der Waals surface area contributed by atoms with Crippen LogP contribution in [0.25, 0.3) is 11.3 Å².